The van der Waals surface area contributed by atoms with Crippen LogP contribution in [0.15, 0.2) is 53.7 Å². The first-order chi connectivity index (χ1) is 11.3. The minimum absolute atomic E-state index is 0.0963. The van der Waals surface area contributed by atoms with Crippen LogP contribution in [-0.4, -0.2) is 33.5 Å². The number of para-hydroxylation sites is 4. The Labute approximate surface area is 134 Å². The Bertz CT molecular complexity index is 580. The Kier molecular flexibility index (Phi) is 6.23. The van der Waals surface area contributed by atoms with Crippen LogP contribution in [0.1, 0.15) is 0 Å². The zero-order valence-corrected chi connectivity index (χ0v) is 13.1. The number of rotatable bonds is 9. The number of nitrogens with zero attached hydrogens (tertiary/aromatic N) is 1. The molecule has 0 saturated carbocycles. The van der Waals surface area contributed by atoms with Crippen LogP contribution in [0.3, 0.4) is 0 Å². The second-order valence-corrected chi connectivity index (χ2v) is 4.68. The molecule has 2 rings (SSSR count). The molecule has 2 aromatic rings. The molecular weight excluding hydrogens is 298 g/mol. The van der Waals surface area contributed by atoms with Crippen molar-refractivity contribution in [3.05, 3.63) is 53.4 Å². The Morgan fingerprint density at radius 3 is 1.52 bits per heavy atom. The van der Waals surface area contributed by atoms with E-state index in [1.165, 1.54) is 0 Å². The van der Waals surface area contributed by atoms with Crippen molar-refractivity contribution in [2.45, 2.75) is 6.04 Å². The minimum atomic E-state index is -0.648. The predicted octanol–water partition coefficient (Wildman–Crippen LogP) is 3.30. The van der Waals surface area contributed by atoms with Gasteiger partial charge in [-0.3, -0.25) is 0 Å². The highest BCUT2D eigenvalue weighted by atomic mass is 16.5. The zero-order valence-electron chi connectivity index (χ0n) is 13.1. The summed E-state index contributed by atoms with van der Waals surface area (Å²) in [4.78, 5) is 11.0. The van der Waals surface area contributed by atoms with Crippen molar-refractivity contribution >= 4 is 0 Å². The van der Waals surface area contributed by atoms with Crippen molar-refractivity contribution in [3.63, 3.8) is 0 Å². The molecule has 6 nitrogen and oxygen atoms in total. The Hall–Kier alpha value is -2.76. The molecular formula is C17H19NO5. The summed E-state index contributed by atoms with van der Waals surface area (Å²) < 4.78 is 21.6. The molecule has 0 atom stereocenters. The Balaban J connectivity index is 1.92. The molecule has 0 aromatic heterocycles. The van der Waals surface area contributed by atoms with E-state index in [1.807, 2.05) is 24.3 Å². The van der Waals surface area contributed by atoms with Gasteiger partial charge in [0.25, 0.3) is 0 Å². The van der Waals surface area contributed by atoms with Gasteiger partial charge in [0.15, 0.2) is 29.0 Å². The number of nitroso groups, excluding NO2 is 1. The summed E-state index contributed by atoms with van der Waals surface area (Å²) in [6.45, 7) is 0.193. The van der Waals surface area contributed by atoms with Gasteiger partial charge in [-0.2, -0.15) is 4.91 Å². The molecule has 0 amide bonds. The lowest BCUT2D eigenvalue weighted by molar-refractivity contribution is 0.210. The third kappa shape index (κ3) is 4.60. The molecule has 0 aliphatic heterocycles. The molecule has 0 aliphatic carbocycles. The van der Waals surface area contributed by atoms with E-state index in [0.29, 0.717) is 23.0 Å². The average molecular weight is 317 g/mol. The quantitative estimate of drug-likeness (QED) is 0.664. The van der Waals surface area contributed by atoms with Crippen LogP contribution in [0.5, 0.6) is 23.0 Å². The lowest BCUT2D eigenvalue weighted by atomic mass is 10.3. The molecule has 23 heavy (non-hydrogen) atoms. The molecule has 122 valence electrons. The summed E-state index contributed by atoms with van der Waals surface area (Å²) in [5.74, 6) is 2.31. The topological polar surface area (TPSA) is 66.3 Å². The van der Waals surface area contributed by atoms with E-state index in [0.717, 1.165) is 0 Å². The number of methoxy groups -OCH3 is 2. The summed E-state index contributed by atoms with van der Waals surface area (Å²) in [5, 5.41) is 3.05. The van der Waals surface area contributed by atoms with Crippen LogP contribution in [0.25, 0.3) is 0 Å². The molecule has 2 aromatic carbocycles. The number of ether oxygens (including phenoxy) is 4. The van der Waals surface area contributed by atoms with Crippen LogP contribution < -0.4 is 18.9 Å². The standard InChI is InChI=1S/C17H19NO5/c1-20-14-7-3-5-9-16(14)22-11-13(18-19)12-23-17-10-6-4-8-15(17)21-2/h3-10,13H,11-12H2,1-2H3. The first-order valence-electron chi connectivity index (χ1n) is 7.12. The second-order valence-electron chi connectivity index (χ2n) is 4.68. The van der Waals surface area contributed by atoms with Gasteiger partial charge in [0.1, 0.15) is 13.2 Å². The van der Waals surface area contributed by atoms with Gasteiger partial charge in [-0.1, -0.05) is 29.4 Å². The van der Waals surface area contributed by atoms with Crippen LogP contribution in [0.2, 0.25) is 0 Å². The number of benzene rings is 2. The van der Waals surface area contributed by atoms with Crippen molar-refractivity contribution in [1.29, 1.82) is 0 Å². The lowest BCUT2D eigenvalue weighted by Crippen LogP contribution is -2.23. The van der Waals surface area contributed by atoms with Gasteiger partial charge in [-0.15, -0.1) is 0 Å². The average Bonchev–Trinajstić information content (AvgIpc) is 2.62. The molecule has 0 radical (unpaired) electrons. The van der Waals surface area contributed by atoms with E-state index in [-0.39, 0.29) is 13.2 Å². The first-order valence-corrected chi connectivity index (χ1v) is 7.12. The highest BCUT2D eigenvalue weighted by molar-refractivity contribution is 5.40. The Morgan fingerprint density at radius 2 is 1.17 bits per heavy atom. The van der Waals surface area contributed by atoms with Gasteiger partial charge in [0, 0.05) is 0 Å². The van der Waals surface area contributed by atoms with E-state index in [9.17, 15) is 4.91 Å². The molecule has 0 bridgehead atoms. The van der Waals surface area contributed by atoms with E-state index in [2.05, 4.69) is 5.18 Å². The lowest BCUT2D eigenvalue weighted by Gasteiger charge is -2.15. The van der Waals surface area contributed by atoms with Crippen LogP contribution in [-0.2, 0) is 0 Å². The van der Waals surface area contributed by atoms with Gasteiger partial charge in [0.2, 0.25) is 0 Å². The van der Waals surface area contributed by atoms with Crippen LogP contribution in [0, 0.1) is 4.91 Å². The predicted molar refractivity (Wildman–Crippen MR) is 86.6 cm³/mol. The monoisotopic (exact) mass is 317 g/mol. The third-order valence-corrected chi connectivity index (χ3v) is 3.15. The van der Waals surface area contributed by atoms with Crippen molar-refractivity contribution in [2.75, 3.05) is 27.4 Å². The maximum absolute atomic E-state index is 11.0. The van der Waals surface area contributed by atoms with Gasteiger partial charge >= 0.3 is 0 Å². The fourth-order valence-corrected chi connectivity index (χ4v) is 1.96. The van der Waals surface area contributed by atoms with E-state index >= 15 is 0 Å². The fraction of sp³-hybridized carbons (Fsp3) is 0.294. The first kappa shape index (κ1) is 16.6. The molecule has 0 N–H and O–H groups in total. The van der Waals surface area contributed by atoms with Crippen LogP contribution in [0.4, 0.5) is 0 Å². The number of hydrogen-bond acceptors (Lipinski definition) is 6. The fourth-order valence-electron chi connectivity index (χ4n) is 1.96. The van der Waals surface area contributed by atoms with Crippen molar-refractivity contribution in [3.8, 4) is 23.0 Å². The van der Waals surface area contributed by atoms with Gasteiger partial charge in [-0.25, -0.2) is 0 Å². The SMILES string of the molecule is COc1ccccc1OCC(COc1ccccc1OC)N=O. The molecule has 0 aliphatic rings. The summed E-state index contributed by atoms with van der Waals surface area (Å²) >= 11 is 0. The summed E-state index contributed by atoms with van der Waals surface area (Å²) in [5.41, 5.74) is 0. The molecule has 6 heteroatoms. The van der Waals surface area contributed by atoms with Gasteiger partial charge in [0.05, 0.1) is 14.2 Å². The highest BCUT2D eigenvalue weighted by Gasteiger charge is 2.14. The molecule has 0 saturated heterocycles. The third-order valence-electron chi connectivity index (χ3n) is 3.15. The summed E-state index contributed by atoms with van der Waals surface area (Å²) in [6.07, 6.45) is 0. The number of hydrogen-bond donors (Lipinski definition) is 0. The zero-order chi connectivity index (χ0) is 16.5. The van der Waals surface area contributed by atoms with Crippen LogP contribution >= 0.6 is 0 Å². The van der Waals surface area contributed by atoms with Gasteiger partial charge < -0.3 is 18.9 Å². The smallest absolute Gasteiger partial charge is 0.161 e. The van der Waals surface area contributed by atoms with E-state index < -0.39 is 6.04 Å². The highest BCUT2D eigenvalue weighted by Crippen LogP contribution is 2.27. The normalized spacial score (nSPS) is 10.2. The summed E-state index contributed by atoms with van der Waals surface area (Å²) in [7, 11) is 3.12. The molecule has 0 spiro atoms. The maximum Gasteiger partial charge on any atom is 0.161 e. The van der Waals surface area contributed by atoms with Crippen molar-refractivity contribution in [1.82, 2.24) is 0 Å². The van der Waals surface area contributed by atoms with Gasteiger partial charge in [-0.05, 0) is 24.3 Å². The van der Waals surface area contributed by atoms with Crippen molar-refractivity contribution in [2.24, 2.45) is 5.18 Å². The summed E-state index contributed by atoms with van der Waals surface area (Å²) in [6, 6.07) is 13.8. The molecule has 0 heterocycles. The minimum Gasteiger partial charge on any atom is -0.493 e. The van der Waals surface area contributed by atoms with E-state index in [1.54, 1.807) is 38.5 Å². The molecule has 0 fully saturated rings. The molecule has 0 unspecified atom stereocenters. The maximum atomic E-state index is 11.0. The Morgan fingerprint density at radius 1 is 0.783 bits per heavy atom. The van der Waals surface area contributed by atoms with E-state index in [4.69, 9.17) is 18.9 Å². The largest absolute Gasteiger partial charge is 0.493 e. The van der Waals surface area contributed by atoms with Crippen molar-refractivity contribution < 1.29 is 18.9 Å². The second kappa shape index (κ2) is 8.63.